The summed E-state index contributed by atoms with van der Waals surface area (Å²) in [4.78, 5) is 7.29. The molecule has 0 amide bonds. The second kappa shape index (κ2) is 5.73. The van der Waals surface area contributed by atoms with Crippen molar-refractivity contribution in [3.63, 3.8) is 0 Å². The number of nitrogens with zero attached hydrogens (tertiary/aromatic N) is 1. The van der Waals surface area contributed by atoms with E-state index in [4.69, 9.17) is 10.5 Å². The first-order valence-corrected chi connectivity index (χ1v) is 6.80. The van der Waals surface area contributed by atoms with Gasteiger partial charge in [-0.25, -0.2) is 13.8 Å². The molecule has 1 aromatic heterocycles. The first-order chi connectivity index (χ1) is 10.6. The molecule has 1 heterocycles. The Morgan fingerprint density at radius 1 is 1.23 bits per heavy atom. The summed E-state index contributed by atoms with van der Waals surface area (Å²) in [6, 6.07) is 8.38. The Morgan fingerprint density at radius 3 is 2.77 bits per heavy atom. The van der Waals surface area contributed by atoms with Crippen LogP contribution in [-0.4, -0.2) is 17.1 Å². The van der Waals surface area contributed by atoms with Gasteiger partial charge in [0.1, 0.15) is 23.2 Å². The quantitative estimate of drug-likeness (QED) is 0.778. The number of rotatable bonds is 4. The molecule has 2 aromatic carbocycles. The number of aromatic nitrogens is 2. The van der Waals surface area contributed by atoms with Crippen LogP contribution in [0.4, 0.5) is 8.78 Å². The predicted octanol–water partition coefficient (Wildman–Crippen LogP) is 3.09. The maximum Gasteiger partial charge on any atom is 0.130 e. The Bertz CT molecular complexity index is 816. The second-order valence-corrected chi connectivity index (χ2v) is 5.05. The van der Waals surface area contributed by atoms with Gasteiger partial charge in [-0.1, -0.05) is 6.07 Å². The number of fused-ring (bicyclic) bond motifs is 1. The third-order valence-corrected chi connectivity index (χ3v) is 3.51. The van der Waals surface area contributed by atoms with Crippen LogP contribution in [0, 0.1) is 11.6 Å². The minimum atomic E-state index is -0.515. The average Bonchev–Trinajstić information content (AvgIpc) is 2.92. The number of nitrogens with two attached hydrogens (primary N) is 1. The molecular formula is C16H15F2N3O. The Balaban J connectivity index is 1.85. The second-order valence-electron chi connectivity index (χ2n) is 5.05. The normalized spacial score (nSPS) is 12.5. The zero-order valence-electron chi connectivity index (χ0n) is 11.9. The van der Waals surface area contributed by atoms with E-state index in [1.165, 1.54) is 25.3 Å². The summed E-state index contributed by atoms with van der Waals surface area (Å²) in [6.07, 6.45) is 0.276. The van der Waals surface area contributed by atoms with Crippen LogP contribution in [0.1, 0.15) is 17.4 Å². The molecule has 0 aliphatic carbocycles. The SMILES string of the molecule is COc1ccc(CC(N)c2nc3ccc(F)cc3[nH]2)c(F)c1. The van der Waals surface area contributed by atoms with Gasteiger partial charge >= 0.3 is 0 Å². The average molecular weight is 303 g/mol. The molecule has 0 bridgehead atoms. The molecule has 0 saturated carbocycles. The summed E-state index contributed by atoms with van der Waals surface area (Å²) in [5, 5.41) is 0. The fourth-order valence-electron chi connectivity index (χ4n) is 2.33. The van der Waals surface area contributed by atoms with Crippen LogP contribution >= 0.6 is 0 Å². The molecule has 4 nitrogen and oxygen atoms in total. The van der Waals surface area contributed by atoms with Crippen LogP contribution in [0.25, 0.3) is 11.0 Å². The molecule has 0 saturated heterocycles. The Morgan fingerprint density at radius 2 is 2.05 bits per heavy atom. The van der Waals surface area contributed by atoms with Crippen molar-refractivity contribution in [2.45, 2.75) is 12.5 Å². The van der Waals surface area contributed by atoms with Gasteiger partial charge < -0.3 is 15.5 Å². The fraction of sp³-hybridized carbons (Fsp3) is 0.188. The molecule has 0 aliphatic rings. The van der Waals surface area contributed by atoms with E-state index in [2.05, 4.69) is 9.97 Å². The number of imidazole rings is 1. The van der Waals surface area contributed by atoms with Gasteiger partial charge in [0.15, 0.2) is 0 Å². The zero-order chi connectivity index (χ0) is 15.7. The van der Waals surface area contributed by atoms with Gasteiger partial charge in [-0.2, -0.15) is 0 Å². The third kappa shape index (κ3) is 2.78. The number of methoxy groups -OCH3 is 1. The first-order valence-electron chi connectivity index (χ1n) is 6.80. The van der Waals surface area contributed by atoms with Crippen LogP contribution in [0.2, 0.25) is 0 Å². The molecule has 114 valence electrons. The van der Waals surface area contributed by atoms with Gasteiger partial charge in [-0.3, -0.25) is 0 Å². The Kier molecular flexibility index (Phi) is 3.77. The van der Waals surface area contributed by atoms with Crippen molar-refractivity contribution >= 4 is 11.0 Å². The van der Waals surface area contributed by atoms with Crippen molar-refractivity contribution in [3.05, 3.63) is 59.4 Å². The molecule has 0 aliphatic heterocycles. The molecule has 3 N–H and O–H groups in total. The third-order valence-electron chi connectivity index (χ3n) is 3.51. The van der Waals surface area contributed by atoms with E-state index in [1.54, 1.807) is 18.2 Å². The van der Waals surface area contributed by atoms with E-state index in [-0.39, 0.29) is 18.1 Å². The molecule has 0 fully saturated rings. The number of hydrogen-bond donors (Lipinski definition) is 2. The summed E-state index contributed by atoms with van der Waals surface area (Å²) < 4.78 is 32.1. The van der Waals surface area contributed by atoms with E-state index in [0.29, 0.717) is 28.2 Å². The summed E-state index contributed by atoms with van der Waals surface area (Å²) in [5.74, 6) is 0.222. The van der Waals surface area contributed by atoms with Gasteiger partial charge in [0.05, 0.1) is 24.2 Å². The lowest BCUT2D eigenvalue weighted by atomic mass is 10.1. The molecule has 3 rings (SSSR count). The Labute approximate surface area is 125 Å². The summed E-state index contributed by atoms with van der Waals surface area (Å²) in [6.45, 7) is 0. The van der Waals surface area contributed by atoms with E-state index >= 15 is 0 Å². The molecule has 22 heavy (non-hydrogen) atoms. The van der Waals surface area contributed by atoms with Crippen LogP contribution in [-0.2, 0) is 6.42 Å². The largest absolute Gasteiger partial charge is 0.497 e. The number of nitrogens with one attached hydrogen (secondary N) is 1. The number of aromatic amines is 1. The summed E-state index contributed by atoms with van der Waals surface area (Å²) in [7, 11) is 1.48. The summed E-state index contributed by atoms with van der Waals surface area (Å²) >= 11 is 0. The number of halogens is 2. The van der Waals surface area contributed by atoms with Crippen molar-refractivity contribution in [2.24, 2.45) is 5.73 Å². The van der Waals surface area contributed by atoms with Gasteiger partial charge in [0.2, 0.25) is 0 Å². The van der Waals surface area contributed by atoms with E-state index in [9.17, 15) is 8.78 Å². The molecule has 0 spiro atoms. The molecule has 0 radical (unpaired) electrons. The van der Waals surface area contributed by atoms with Gasteiger partial charge in [0.25, 0.3) is 0 Å². The zero-order valence-corrected chi connectivity index (χ0v) is 11.9. The lowest BCUT2D eigenvalue weighted by Crippen LogP contribution is -2.15. The maximum atomic E-state index is 14.0. The van der Waals surface area contributed by atoms with Crippen molar-refractivity contribution in [1.29, 1.82) is 0 Å². The minimum absolute atomic E-state index is 0.276. The standard InChI is InChI=1S/C16H15F2N3O/c1-22-11-4-2-9(12(18)8-11)6-13(19)16-20-14-5-3-10(17)7-15(14)21-16/h2-5,7-8,13H,6,19H2,1H3,(H,20,21). The van der Waals surface area contributed by atoms with Gasteiger partial charge in [-0.15, -0.1) is 0 Å². The highest BCUT2D eigenvalue weighted by Gasteiger charge is 2.15. The highest BCUT2D eigenvalue weighted by Crippen LogP contribution is 2.22. The van der Waals surface area contributed by atoms with Crippen LogP contribution < -0.4 is 10.5 Å². The monoisotopic (exact) mass is 303 g/mol. The lowest BCUT2D eigenvalue weighted by Gasteiger charge is -2.10. The van der Waals surface area contributed by atoms with E-state index < -0.39 is 6.04 Å². The van der Waals surface area contributed by atoms with Crippen LogP contribution in [0.3, 0.4) is 0 Å². The number of hydrogen-bond acceptors (Lipinski definition) is 3. The highest BCUT2D eigenvalue weighted by atomic mass is 19.1. The highest BCUT2D eigenvalue weighted by molar-refractivity contribution is 5.75. The minimum Gasteiger partial charge on any atom is -0.497 e. The lowest BCUT2D eigenvalue weighted by molar-refractivity contribution is 0.410. The Hall–Kier alpha value is -2.47. The van der Waals surface area contributed by atoms with E-state index in [0.717, 1.165) is 0 Å². The molecule has 1 unspecified atom stereocenters. The van der Waals surface area contributed by atoms with Crippen molar-refractivity contribution in [3.8, 4) is 5.75 Å². The van der Waals surface area contributed by atoms with Gasteiger partial charge in [-0.05, 0) is 36.2 Å². The molecule has 6 heteroatoms. The van der Waals surface area contributed by atoms with Crippen LogP contribution in [0.5, 0.6) is 5.75 Å². The number of ether oxygens (including phenoxy) is 1. The first kappa shape index (κ1) is 14.5. The molecular weight excluding hydrogens is 288 g/mol. The fourth-order valence-corrected chi connectivity index (χ4v) is 2.33. The predicted molar refractivity (Wildman–Crippen MR) is 79.6 cm³/mol. The van der Waals surface area contributed by atoms with Gasteiger partial charge in [0, 0.05) is 6.07 Å². The van der Waals surface area contributed by atoms with Crippen molar-refractivity contribution < 1.29 is 13.5 Å². The number of benzene rings is 2. The van der Waals surface area contributed by atoms with Crippen LogP contribution in [0.15, 0.2) is 36.4 Å². The topological polar surface area (TPSA) is 63.9 Å². The molecule has 3 aromatic rings. The number of H-pyrrole nitrogens is 1. The van der Waals surface area contributed by atoms with E-state index in [1.807, 2.05) is 0 Å². The van der Waals surface area contributed by atoms with Crippen molar-refractivity contribution in [2.75, 3.05) is 7.11 Å². The summed E-state index contributed by atoms with van der Waals surface area (Å²) in [5.41, 5.74) is 7.75. The van der Waals surface area contributed by atoms with Crippen molar-refractivity contribution in [1.82, 2.24) is 9.97 Å². The molecule has 1 atom stereocenters. The smallest absolute Gasteiger partial charge is 0.130 e. The maximum absolute atomic E-state index is 14.0.